The molecule has 2 atom stereocenters. The number of amides is 2. The highest BCUT2D eigenvalue weighted by atomic mass is 16.5. The highest BCUT2D eigenvalue weighted by molar-refractivity contribution is 5.91. The number of methoxy groups -OCH3 is 1. The van der Waals surface area contributed by atoms with Crippen LogP contribution in [-0.2, 0) is 16.0 Å². The molecule has 6 heteroatoms. The number of rotatable bonds is 7. The van der Waals surface area contributed by atoms with Crippen molar-refractivity contribution in [3.63, 3.8) is 0 Å². The lowest BCUT2D eigenvalue weighted by atomic mass is 9.88. The van der Waals surface area contributed by atoms with Crippen LogP contribution in [0.15, 0.2) is 48.5 Å². The van der Waals surface area contributed by atoms with Crippen molar-refractivity contribution in [2.45, 2.75) is 25.3 Å². The Kier molecular flexibility index (Phi) is 6.66. The number of carbonyl (C=O) groups is 2. The molecule has 1 aliphatic rings. The Balaban J connectivity index is 1.47. The molecule has 6 nitrogen and oxygen atoms in total. The summed E-state index contributed by atoms with van der Waals surface area (Å²) in [5.74, 6) is 0.580. The fraction of sp³-hybridized carbons (Fsp3) is 0.364. The van der Waals surface area contributed by atoms with Crippen LogP contribution < -0.4 is 20.3 Å². The molecule has 0 radical (unpaired) electrons. The summed E-state index contributed by atoms with van der Waals surface area (Å²) >= 11 is 0. The lowest BCUT2D eigenvalue weighted by Crippen LogP contribution is -3.11. The predicted molar refractivity (Wildman–Crippen MR) is 109 cm³/mol. The molecule has 3 N–H and O–H groups in total. The van der Waals surface area contributed by atoms with E-state index in [1.807, 2.05) is 19.2 Å². The van der Waals surface area contributed by atoms with Gasteiger partial charge in [0.05, 0.1) is 20.2 Å². The number of carbonyl (C=O) groups excluding carboxylic acids is 2. The molecule has 1 aliphatic carbocycles. The summed E-state index contributed by atoms with van der Waals surface area (Å²) in [6.07, 6.45) is 3.11. The number of likely N-dealkylation sites (N-methyl/N-ethyl adjacent to an activating group) is 1. The molecule has 2 amide bonds. The van der Waals surface area contributed by atoms with Crippen LogP contribution in [0.3, 0.4) is 0 Å². The molecule has 0 bridgehead atoms. The van der Waals surface area contributed by atoms with E-state index in [4.69, 9.17) is 4.74 Å². The Labute approximate surface area is 165 Å². The Morgan fingerprint density at radius 1 is 1.07 bits per heavy atom. The minimum absolute atomic E-state index is 0.0311. The fourth-order valence-electron chi connectivity index (χ4n) is 3.64. The summed E-state index contributed by atoms with van der Waals surface area (Å²) < 4.78 is 5.11. The Morgan fingerprint density at radius 3 is 2.54 bits per heavy atom. The third kappa shape index (κ3) is 5.33. The molecule has 148 valence electrons. The van der Waals surface area contributed by atoms with E-state index in [1.165, 1.54) is 11.1 Å². The van der Waals surface area contributed by atoms with Gasteiger partial charge in [0.1, 0.15) is 5.75 Å². The number of hydrogen-bond donors (Lipinski definition) is 3. The molecule has 2 aromatic rings. The molecule has 0 heterocycles. The molecule has 28 heavy (non-hydrogen) atoms. The Morgan fingerprint density at radius 2 is 1.79 bits per heavy atom. The SMILES string of the molecule is COc1ccc(NC(=O)C[NH+](C)CC(=O)N[C@H]2CCCc3ccccc32)cc1. The molecular formula is C22H28N3O3+. The van der Waals surface area contributed by atoms with Crippen molar-refractivity contribution < 1.29 is 19.2 Å². The van der Waals surface area contributed by atoms with Crippen molar-refractivity contribution in [3.05, 3.63) is 59.7 Å². The van der Waals surface area contributed by atoms with Gasteiger partial charge in [-0.1, -0.05) is 24.3 Å². The lowest BCUT2D eigenvalue weighted by molar-refractivity contribution is -0.862. The fourth-order valence-corrected chi connectivity index (χ4v) is 3.64. The minimum Gasteiger partial charge on any atom is -0.497 e. The van der Waals surface area contributed by atoms with Crippen LogP contribution in [0, 0.1) is 0 Å². The molecular weight excluding hydrogens is 354 g/mol. The standard InChI is InChI=1S/C22H27N3O3/c1-25(14-21(26)23-17-10-12-18(28-2)13-11-17)15-22(27)24-20-9-5-7-16-6-3-4-8-19(16)20/h3-4,6,8,10-13,20H,5,7,9,14-15H2,1-2H3,(H,23,26)(H,24,27)/p+1/t20-/m0/s1. The second-order valence-corrected chi connectivity index (χ2v) is 7.30. The van der Waals surface area contributed by atoms with E-state index >= 15 is 0 Å². The summed E-state index contributed by atoms with van der Waals surface area (Å²) in [6, 6.07) is 15.5. The van der Waals surface area contributed by atoms with Gasteiger partial charge in [0.15, 0.2) is 13.1 Å². The third-order valence-electron chi connectivity index (χ3n) is 5.00. The molecule has 1 unspecified atom stereocenters. The Bertz CT molecular complexity index is 820. The maximum absolute atomic E-state index is 12.5. The van der Waals surface area contributed by atoms with Crippen LogP contribution in [0.2, 0.25) is 0 Å². The highest BCUT2D eigenvalue weighted by Gasteiger charge is 2.23. The van der Waals surface area contributed by atoms with Crippen LogP contribution in [0.4, 0.5) is 5.69 Å². The summed E-state index contributed by atoms with van der Waals surface area (Å²) in [5.41, 5.74) is 3.25. The van der Waals surface area contributed by atoms with E-state index < -0.39 is 0 Å². The molecule has 3 rings (SSSR count). The number of benzene rings is 2. The van der Waals surface area contributed by atoms with Crippen molar-refractivity contribution in [1.82, 2.24) is 5.32 Å². The van der Waals surface area contributed by atoms with E-state index in [9.17, 15) is 9.59 Å². The molecule has 0 fully saturated rings. The number of fused-ring (bicyclic) bond motifs is 1. The molecule has 0 saturated heterocycles. The monoisotopic (exact) mass is 382 g/mol. The predicted octanol–water partition coefficient (Wildman–Crippen LogP) is 1.34. The van der Waals surface area contributed by atoms with Gasteiger partial charge in [0.2, 0.25) is 0 Å². The Hall–Kier alpha value is -2.86. The van der Waals surface area contributed by atoms with Gasteiger partial charge in [-0.05, 0) is 54.7 Å². The van der Waals surface area contributed by atoms with Crippen molar-refractivity contribution in [2.75, 3.05) is 32.6 Å². The van der Waals surface area contributed by atoms with Gasteiger partial charge in [-0.15, -0.1) is 0 Å². The maximum atomic E-state index is 12.5. The third-order valence-corrected chi connectivity index (χ3v) is 5.00. The molecule has 0 spiro atoms. The van der Waals surface area contributed by atoms with E-state index in [-0.39, 0.29) is 30.9 Å². The number of nitrogens with one attached hydrogen (secondary N) is 3. The quantitative estimate of drug-likeness (QED) is 0.677. The summed E-state index contributed by atoms with van der Waals surface area (Å²) in [4.78, 5) is 25.5. The first-order valence-electron chi connectivity index (χ1n) is 9.67. The van der Waals surface area contributed by atoms with Gasteiger partial charge in [-0.3, -0.25) is 9.59 Å². The van der Waals surface area contributed by atoms with Crippen LogP contribution >= 0.6 is 0 Å². The average Bonchev–Trinajstić information content (AvgIpc) is 2.68. The number of quaternary nitrogens is 1. The van der Waals surface area contributed by atoms with Crippen molar-refractivity contribution in [1.29, 1.82) is 0 Å². The van der Waals surface area contributed by atoms with Crippen molar-refractivity contribution >= 4 is 17.5 Å². The van der Waals surface area contributed by atoms with Crippen LogP contribution in [0.25, 0.3) is 0 Å². The number of anilines is 1. The largest absolute Gasteiger partial charge is 0.497 e. The van der Waals surface area contributed by atoms with Crippen molar-refractivity contribution in [2.24, 2.45) is 0 Å². The molecule has 0 aliphatic heterocycles. The molecule has 0 saturated carbocycles. The maximum Gasteiger partial charge on any atom is 0.279 e. The zero-order chi connectivity index (χ0) is 19.9. The lowest BCUT2D eigenvalue weighted by Gasteiger charge is -2.26. The van der Waals surface area contributed by atoms with Crippen LogP contribution in [0.1, 0.15) is 30.0 Å². The van der Waals surface area contributed by atoms with Gasteiger partial charge in [-0.25, -0.2) is 0 Å². The first kappa shape index (κ1) is 19.9. The van der Waals surface area contributed by atoms with Gasteiger partial charge in [0.25, 0.3) is 11.8 Å². The van der Waals surface area contributed by atoms with Gasteiger partial charge < -0.3 is 20.3 Å². The van der Waals surface area contributed by atoms with E-state index in [1.54, 1.807) is 31.4 Å². The summed E-state index contributed by atoms with van der Waals surface area (Å²) in [7, 11) is 3.45. The van der Waals surface area contributed by atoms with Crippen LogP contribution in [0.5, 0.6) is 5.75 Å². The van der Waals surface area contributed by atoms with E-state index in [0.29, 0.717) is 5.69 Å². The first-order chi connectivity index (χ1) is 13.5. The van der Waals surface area contributed by atoms with E-state index in [0.717, 1.165) is 29.9 Å². The first-order valence-corrected chi connectivity index (χ1v) is 9.67. The second-order valence-electron chi connectivity index (χ2n) is 7.30. The highest BCUT2D eigenvalue weighted by Crippen LogP contribution is 2.29. The van der Waals surface area contributed by atoms with Gasteiger partial charge >= 0.3 is 0 Å². The van der Waals surface area contributed by atoms with Crippen molar-refractivity contribution in [3.8, 4) is 5.75 Å². The summed E-state index contributed by atoms with van der Waals surface area (Å²) in [6.45, 7) is 0.482. The van der Waals surface area contributed by atoms with Gasteiger partial charge in [0, 0.05) is 5.69 Å². The molecule has 2 aromatic carbocycles. The smallest absolute Gasteiger partial charge is 0.279 e. The molecule has 0 aromatic heterocycles. The number of hydrogen-bond acceptors (Lipinski definition) is 3. The number of ether oxygens (including phenoxy) is 1. The zero-order valence-corrected chi connectivity index (χ0v) is 16.5. The minimum atomic E-state index is -0.126. The topological polar surface area (TPSA) is 71.9 Å². The second kappa shape index (κ2) is 9.37. The van der Waals surface area contributed by atoms with Gasteiger partial charge in [-0.2, -0.15) is 0 Å². The number of aryl methyl sites for hydroxylation is 1. The van der Waals surface area contributed by atoms with E-state index in [2.05, 4.69) is 22.8 Å². The normalized spacial score (nSPS) is 16.6. The zero-order valence-electron chi connectivity index (χ0n) is 16.5. The van der Waals surface area contributed by atoms with Crippen LogP contribution in [-0.4, -0.2) is 39.1 Å². The average molecular weight is 382 g/mol. The summed E-state index contributed by atoms with van der Waals surface area (Å²) in [5, 5.41) is 5.98.